The van der Waals surface area contributed by atoms with Gasteiger partial charge in [-0.05, 0) is 98.2 Å². The van der Waals surface area contributed by atoms with E-state index in [2.05, 4.69) is 17.4 Å². The lowest BCUT2D eigenvalue weighted by Gasteiger charge is -2.32. The maximum atomic E-state index is 13.6. The van der Waals surface area contributed by atoms with Crippen molar-refractivity contribution < 1.29 is 34.1 Å². The number of halogens is 1. The van der Waals surface area contributed by atoms with E-state index in [0.717, 1.165) is 42.4 Å². The zero-order valence-electron chi connectivity index (χ0n) is 34.3. The molecule has 0 aromatic heterocycles. The molecule has 3 aliphatic rings. The van der Waals surface area contributed by atoms with Crippen molar-refractivity contribution in [3.05, 3.63) is 124 Å². The van der Waals surface area contributed by atoms with Gasteiger partial charge in [0.1, 0.15) is 35.8 Å². The number of aliphatic imine (C=N–C) groups is 1. The Hall–Kier alpha value is -6.05. The smallest absolute Gasteiger partial charge is 0.339 e. The summed E-state index contributed by atoms with van der Waals surface area (Å²) in [4.78, 5) is 47.5. The number of carbonyl (C=O) groups excluding carboxylic acids is 2. The molecule has 2 fully saturated rings. The highest BCUT2D eigenvalue weighted by molar-refractivity contribution is 6.31. The van der Waals surface area contributed by atoms with E-state index in [1.807, 2.05) is 35.2 Å². The van der Waals surface area contributed by atoms with Crippen LogP contribution in [0, 0.1) is 16.7 Å². The standard InChI is InChI=1S/C47H51ClN6O7/c1-29(49)54-41-18-17-37(60-2)25-39(41)43(32-13-15-36(48)16-14-32)52-40(44(54)50)26-42(55)51-27-30-7-5-8-33(23-30)31-19-21-53(22-20-31)45(56)34-9-6-12-38(24-34)61-28-47(59,46(57)58)35-10-3-4-11-35/h5-9,12-18,23-25,31,35,40,49-50,59H,3-4,10-11,19-22,26-28H2,1-2H3,(H,51,55)(H,57,58)/t40-,47?/m0/s1. The number of carboxylic acid groups (broad SMARTS) is 1. The van der Waals surface area contributed by atoms with Crippen molar-refractivity contribution in [3.63, 3.8) is 0 Å². The molecule has 0 radical (unpaired) electrons. The number of piperidine rings is 1. The van der Waals surface area contributed by atoms with Crippen LogP contribution in [0.2, 0.25) is 5.02 Å². The minimum Gasteiger partial charge on any atom is -0.497 e. The molecule has 2 atom stereocenters. The topological polar surface area (TPSA) is 189 Å². The Bertz CT molecular complexity index is 2340. The number of nitrogens with zero attached hydrogens (tertiary/aromatic N) is 3. The Morgan fingerprint density at radius 1 is 0.934 bits per heavy atom. The number of rotatable bonds is 13. The molecule has 2 aliphatic heterocycles. The second-order valence-electron chi connectivity index (χ2n) is 16.0. The highest BCUT2D eigenvalue weighted by Gasteiger charge is 2.46. The second kappa shape index (κ2) is 18.7. The number of ether oxygens (including phenoxy) is 2. The summed E-state index contributed by atoms with van der Waals surface area (Å²) in [6.07, 6.45) is 4.42. The van der Waals surface area contributed by atoms with Gasteiger partial charge >= 0.3 is 5.97 Å². The number of aliphatic carboxylic acids is 1. The van der Waals surface area contributed by atoms with Gasteiger partial charge in [0.2, 0.25) is 5.91 Å². The molecule has 2 amide bonds. The number of aliphatic hydroxyl groups is 1. The van der Waals surface area contributed by atoms with Gasteiger partial charge in [-0.1, -0.05) is 66.9 Å². The fourth-order valence-electron chi connectivity index (χ4n) is 8.61. The molecule has 1 saturated carbocycles. The summed E-state index contributed by atoms with van der Waals surface area (Å²) < 4.78 is 11.3. The molecule has 1 aliphatic carbocycles. The van der Waals surface area contributed by atoms with Crippen LogP contribution in [0.4, 0.5) is 5.69 Å². The van der Waals surface area contributed by atoms with Gasteiger partial charge in [-0.2, -0.15) is 0 Å². The molecular formula is C47H51ClN6O7. The van der Waals surface area contributed by atoms with Crippen molar-refractivity contribution in [2.45, 2.75) is 76.0 Å². The largest absolute Gasteiger partial charge is 0.497 e. The molecule has 7 rings (SSSR count). The third-order valence-corrected chi connectivity index (χ3v) is 12.3. The fraction of sp³-hybridized carbons (Fsp3) is 0.362. The van der Waals surface area contributed by atoms with E-state index in [-0.39, 0.29) is 54.9 Å². The van der Waals surface area contributed by atoms with Crippen LogP contribution in [0.3, 0.4) is 0 Å². The van der Waals surface area contributed by atoms with Crippen LogP contribution >= 0.6 is 11.6 Å². The first-order chi connectivity index (χ1) is 29.3. The van der Waals surface area contributed by atoms with E-state index in [1.165, 1.54) is 4.90 Å². The summed E-state index contributed by atoms with van der Waals surface area (Å²) in [5, 5.41) is 42.1. The van der Waals surface area contributed by atoms with Crippen LogP contribution in [-0.2, 0) is 16.1 Å². The number of hydrogen-bond acceptors (Lipinski definition) is 9. The molecule has 4 aromatic carbocycles. The van der Waals surface area contributed by atoms with Gasteiger partial charge < -0.3 is 29.9 Å². The number of benzene rings is 4. The zero-order chi connectivity index (χ0) is 43.3. The van der Waals surface area contributed by atoms with Crippen LogP contribution in [0.25, 0.3) is 0 Å². The van der Waals surface area contributed by atoms with E-state index in [9.17, 15) is 30.0 Å². The van der Waals surface area contributed by atoms with Gasteiger partial charge in [-0.15, -0.1) is 0 Å². The average Bonchev–Trinajstić information content (AvgIpc) is 3.79. The second-order valence-corrected chi connectivity index (χ2v) is 16.4. The van der Waals surface area contributed by atoms with E-state index in [1.54, 1.807) is 62.6 Å². The number of benzodiazepines with no additional fused rings is 1. The summed E-state index contributed by atoms with van der Waals surface area (Å²) in [5.74, 6) is -0.843. The van der Waals surface area contributed by atoms with Crippen molar-refractivity contribution in [1.82, 2.24) is 10.2 Å². The quantitative estimate of drug-likeness (QED) is 0.0677. The third kappa shape index (κ3) is 9.63. The Morgan fingerprint density at radius 3 is 2.34 bits per heavy atom. The third-order valence-electron chi connectivity index (χ3n) is 12.0. The number of amides is 2. The summed E-state index contributed by atoms with van der Waals surface area (Å²) in [7, 11) is 1.57. The Balaban J connectivity index is 0.970. The minimum atomic E-state index is -1.98. The van der Waals surface area contributed by atoms with Gasteiger partial charge in [-0.3, -0.25) is 30.3 Å². The SMILES string of the molecule is COc1ccc2c(c1)C(c1ccc(Cl)cc1)=N[C@@H](CC(=O)NCc1cccc(C3CCN(C(=O)c4cccc(OCC(O)(C(=O)O)C5CCCC5)c4)CC3)c1)C(=N)N2C(C)=N. The molecule has 0 bridgehead atoms. The monoisotopic (exact) mass is 846 g/mol. The van der Waals surface area contributed by atoms with Crippen LogP contribution in [0.1, 0.15) is 90.4 Å². The normalized spacial score (nSPS) is 18.1. The van der Waals surface area contributed by atoms with Crippen LogP contribution in [-0.4, -0.2) is 88.7 Å². The van der Waals surface area contributed by atoms with E-state index in [4.69, 9.17) is 31.5 Å². The maximum absolute atomic E-state index is 13.6. The number of methoxy groups -OCH3 is 1. The summed E-state index contributed by atoms with van der Waals surface area (Å²) >= 11 is 6.22. The number of likely N-dealkylation sites (tertiary alicyclic amines) is 1. The number of amidine groups is 2. The zero-order valence-corrected chi connectivity index (χ0v) is 35.1. The first kappa shape index (κ1) is 43.1. The number of carbonyl (C=O) groups is 3. The minimum absolute atomic E-state index is 0.00827. The molecule has 14 heteroatoms. The van der Waals surface area contributed by atoms with Gasteiger partial charge in [0.25, 0.3) is 5.91 Å². The summed E-state index contributed by atoms with van der Waals surface area (Å²) in [6, 6.07) is 26.5. The van der Waals surface area contributed by atoms with Gasteiger partial charge in [0.15, 0.2) is 5.60 Å². The molecule has 61 heavy (non-hydrogen) atoms. The Kier molecular flexibility index (Phi) is 13.2. The van der Waals surface area contributed by atoms with Gasteiger partial charge in [0, 0.05) is 47.3 Å². The predicted molar refractivity (Wildman–Crippen MR) is 235 cm³/mol. The molecule has 4 aromatic rings. The van der Waals surface area contributed by atoms with E-state index < -0.39 is 17.6 Å². The molecule has 1 unspecified atom stereocenters. The van der Waals surface area contributed by atoms with Gasteiger partial charge in [0.05, 0.1) is 24.9 Å². The molecule has 2 heterocycles. The molecule has 1 saturated heterocycles. The molecular weight excluding hydrogens is 796 g/mol. The van der Waals surface area contributed by atoms with Crippen LogP contribution < -0.4 is 19.7 Å². The van der Waals surface area contributed by atoms with Crippen molar-refractivity contribution >= 4 is 52.5 Å². The molecule has 5 N–H and O–H groups in total. The fourth-order valence-corrected chi connectivity index (χ4v) is 8.73. The molecule has 13 nitrogen and oxygen atoms in total. The first-order valence-corrected chi connectivity index (χ1v) is 21.0. The van der Waals surface area contributed by atoms with E-state index in [0.29, 0.717) is 65.0 Å². The predicted octanol–water partition coefficient (Wildman–Crippen LogP) is 7.46. The highest BCUT2D eigenvalue weighted by Crippen LogP contribution is 2.36. The van der Waals surface area contributed by atoms with E-state index >= 15 is 0 Å². The Morgan fingerprint density at radius 2 is 1.66 bits per heavy atom. The molecule has 0 spiro atoms. The van der Waals surface area contributed by atoms with Crippen LogP contribution in [0.15, 0.2) is 96.0 Å². The van der Waals surface area contributed by atoms with Gasteiger partial charge in [-0.25, -0.2) is 4.79 Å². The Labute approximate surface area is 360 Å². The van der Waals surface area contributed by atoms with Crippen molar-refractivity contribution in [2.75, 3.05) is 31.7 Å². The van der Waals surface area contributed by atoms with Crippen LogP contribution in [0.5, 0.6) is 11.5 Å². The summed E-state index contributed by atoms with van der Waals surface area (Å²) in [5.41, 5.74) is 3.05. The number of anilines is 1. The lowest BCUT2D eigenvalue weighted by atomic mass is 9.86. The van der Waals surface area contributed by atoms with Crippen molar-refractivity contribution in [2.24, 2.45) is 10.9 Å². The number of carboxylic acids is 1. The van der Waals surface area contributed by atoms with Crippen molar-refractivity contribution in [3.8, 4) is 11.5 Å². The number of fused-ring (bicyclic) bond motifs is 1. The lowest BCUT2D eigenvalue weighted by molar-refractivity contribution is -0.169. The number of hydrogen-bond donors (Lipinski definition) is 5. The highest BCUT2D eigenvalue weighted by atomic mass is 35.5. The first-order valence-electron chi connectivity index (χ1n) is 20.6. The lowest BCUT2D eigenvalue weighted by Crippen LogP contribution is -2.50. The molecule has 318 valence electrons. The maximum Gasteiger partial charge on any atom is 0.339 e. The number of nitrogens with one attached hydrogen (secondary N) is 3. The average molecular weight is 847 g/mol. The summed E-state index contributed by atoms with van der Waals surface area (Å²) in [6.45, 7) is 2.57. The van der Waals surface area contributed by atoms with Crippen molar-refractivity contribution in [1.29, 1.82) is 10.8 Å².